The number of thioether (sulfide) groups is 1. The third-order valence-corrected chi connectivity index (χ3v) is 4.52. The van der Waals surface area contributed by atoms with Crippen LogP contribution in [0.25, 0.3) is 0 Å². The van der Waals surface area contributed by atoms with Crippen molar-refractivity contribution >= 4 is 29.3 Å². The first-order valence-corrected chi connectivity index (χ1v) is 8.94. The van der Waals surface area contributed by atoms with Gasteiger partial charge in [0.1, 0.15) is 5.75 Å². The molecule has 0 fully saturated rings. The van der Waals surface area contributed by atoms with Gasteiger partial charge in [-0.05, 0) is 42.5 Å². The van der Waals surface area contributed by atoms with E-state index >= 15 is 0 Å². The van der Waals surface area contributed by atoms with Crippen LogP contribution in [0.3, 0.4) is 0 Å². The maximum atomic E-state index is 12.4. The van der Waals surface area contributed by atoms with Crippen molar-refractivity contribution < 1.29 is 18.7 Å². The highest BCUT2D eigenvalue weighted by molar-refractivity contribution is 7.98. The van der Waals surface area contributed by atoms with Crippen LogP contribution in [0, 0.1) is 0 Å². The zero-order valence-corrected chi connectivity index (χ0v) is 14.9. The summed E-state index contributed by atoms with van der Waals surface area (Å²) in [5, 5.41) is 2.65. The van der Waals surface area contributed by atoms with Crippen LogP contribution in [0.5, 0.6) is 5.75 Å². The highest BCUT2D eigenvalue weighted by Crippen LogP contribution is 2.26. The molecule has 0 aliphatic carbocycles. The maximum absolute atomic E-state index is 12.4. The van der Waals surface area contributed by atoms with Gasteiger partial charge in [-0.2, -0.15) is 0 Å². The van der Waals surface area contributed by atoms with Crippen molar-refractivity contribution in [3.63, 3.8) is 0 Å². The molecule has 5 nitrogen and oxygen atoms in total. The van der Waals surface area contributed by atoms with Crippen LogP contribution in [-0.4, -0.2) is 11.9 Å². The number of carbonyl (C=O) groups is 2. The van der Waals surface area contributed by atoms with Crippen molar-refractivity contribution in [2.45, 2.75) is 17.6 Å². The SMILES string of the molecule is CC(=O)Nc1ccc(OC(=O)c2occc2CSc2ccccc2)cc1. The van der Waals surface area contributed by atoms with Crippen molar-refractivity contribution in [3.8, 4) is 5.75 Å². The van der Waals surface area contributed by atoms with Crippen LogP contribution in [0.15, 0.2) is 76.2 Å². The number of hydrogen-bond donors (Lipinski definition) is 1. The van der Waals surface area contributed by atoms with Gasteiger partial charge in [-0.25, -0.2) is 4.79 Å². The summed E-state index contributed by atoms with van der Waals surface area (Å²) in [6.07, 6.45) is 1.48. The predicted molar refractivity (Wildman–Crippen MR) is 100 cm³/mol. The summed E-state index contributed by atoms with van der Waals surface area (Å²) >= 11 is 1.62. The molecule has 0 saturated carbocycles. The monoisotopic (exact) mass is 367 g/mol. The normalized spacial score (nSPS) is 10.3. The lowest BCUT2D eigenvalue weighted by Gasteiger charge is -2.06. The number of esters is 1. The molecule has 0 saturated heterocycles. The molecular formula is C20H17NO4S. The average Bonchev–Trinajstić information content (AvgIpc) is 3.11. The van der Waals surface area contributed by atoms with Gasteiger partial charge in [0, 0.05) is 28.8 Å². The van der Waals surface area contributed by atoms with E-state index in [1.807, 2.05) is 30.3 Å². The van der Waals surface area contributed by atoms with Crippen molar-refractivity contribution in [2.24, 2.45) is 0 Å². The molecule has 0 aliphatic rings. The average molecular weight is 367 g/mol. The largest absolute Gasteiger partial charge is 0.457 e. The van der Waals surface area contributed by atoms with Crippen LogP contribution in [0.1, 0.15) is 23.0 Å². The number of carbonyl (C=O) groups excluding carboxylic acids is 2. The van der Waals surface area contributed by atoms with Crippen LogP contribution < -0.4 is 10.1 Å². The van der Waals surface area contributed by atoms with E-state index in [0.717, 1.165) is 10.5 Å². The second kappa shape index (κ2) is 8.40. The Kier molecular flexibility index (Phi) is 5.76. The van der Waals surface area contributed by atoms with Gasteiger partial charge in [0.25, 0.3) is 0 Å². The van der Waals surface area contributed by atoms with Crippen molar-refractivity contribution in [2.75, 3.05) is 5.32 Å². The van der Waals surface area contributed by atoms with Crippen LogP contribution in [0.2, 0.25) is 0 Å². The standard InChI is InChI=1S/C20H17NO4S/c1-14(22)21-16-7-9-17(10-8-16)25-20(23)19-15(11-12-24-19)13-26-18-5-3-2-4-6-18/h2-12H,13H2,1H3,(H,21,22). The van der Waals surface area contributed by atoms with Gasteiger partial charge in [-0.1, -0.05) is 18.2 Å². The fourth-order valence-electron chi connectivity index (χ4n) is 2.27. The van der Waals surface area contributed by atoms with E-state index in [-0.39, 0.29) is 11.7 Å². The molecule has 1 heterocycles. The van der Waals surface area contributed by atoms with Gasteiger partial charge >= 0.3 is 5.97 Å². The smallest absolute Gasteiger partial charge is 0.379 e. The molecule has 0 radical (unpaired) electrons. The van der Waals surface area contributed by atoms with E-state index in [1.54, 1.807) is 42.1 Å². The minimum absolute atomic E-state index is 0.161. The van der Waals surface area contributed by atoms with Gasteiger partial charge in [0.2, 0.25) is 11.7 Å². The summed E-state index contributed by atoms with van der Waals surface area (Å²) in [5.74, 6) is 0.463. The number of rotatable bonds is 6. The number of benzene rings is 2. The Hall–Kier alpha value is -2.99. The van der Waals surface area contributed by atoms with E-state index < -0.39 is 5.97 Å². The molecule has 0 atom stereocenters. The highest BCUT2D eigenvalue weighted by Gasteiger charge is 2.18. The molecule has 26 heavy (non-hydrogen) atoms. The van der Waals surface area contributed by atoms with Crippen LogP contribution >= 0.6 is 11.8 Å². The molecule has 6 heteroatoms. The number of furan rings is 1. The fraction of sp³-hybridized carbons (Fsp3) is 0.100. The Morgan fingerprint density at radius 1 is 1.04 bits per heavy atom. The van der Waals surface area contributed by atoms with E-state index in [9.17, 15) is 9.59 Å². The molecule has 3 aromatic rings. The molecule has 3 rings (SSSR count). The third-order valence-electron chi connectivity index (χ3n) is 3.45. The zero-order valence-electron chi connectivity index (χ0n) is 14.1. The lowest BCUT2D eigenvalue weighted by atomic mass is 10.2. The first-order chi connectivity index (χ1) is 12.6. The molecule has 1 N–H and O–H groups in total. The van der Waals surface area contributed by atoms with E-state index in [2.05, 4.69) is 5.32 Å². The summed E-state index contributed by atoms with van der Waals surface area (Å²) in [6, 6.07) is 18.3. The zero-order chi connectivity index (χ0) is 18.4. The number of anilines is 1. The van der Waals surface area contributed by atoms with E-state index in [1.165, 1.54) is 13.2 Å². The Bertz CT molecular complexity index is 888. The third kappa shape index (κ3) is 4.77. The Labute approximate surface area is 155 Å². The number of hydrogen-bond acceptors (Lipinski definition) is 5. The summed E-state index contributed by atoms with van der Waals surface area (Å²) in [5.41, 5.74) is 1.41. The van der Waals surface area contributed by atoms with E-state index in [4.69, 9.17) is 9.15 Å². The maximum Gasteiger partial charge on any atom is 0.379 e. The van der Waals surface area contributed by atoms with Gasteiger partial charge in [-0.3, -0.25) is 4.79 Å². The summed E-state index contributed by atoms with van der Waals surface area (Å²) < 4.78 is 10.7. The van der Waals surface area contributed by atoms with Gasteiger partial charge in [-0.15, -0.1) is 11.8 Å². The van der Waals surface area contributed by atoms with Crippen molar-refractivity contribution in [3.05, 3.63) is 78.3 Å². The number of ether oxygens (including phenoxy) is 1. The molecule has 0 bridgehead atoms. The quantitative estimate of drug-likeness (QED) is 0.387. The van der Waals surface area contributed by atoms with Crippen molar-refractivity contribution in [1.29, 1.82) is 0 Å². The Morgan fingerprint density at radius 2 is 1.77 bits per heavy atom. The molecule has 132 valence electrons. The lowest BCUT2D eigenvalue weighted by Crippen LogP contribution is -2.10. The molecule has 1 aromatic heterocycles. The first-order valence-electron chi connectivity index (χ1n) is 7.96. The Balaban J connectivity index is 1.63. The topological polar surface area (TPSA) is 68.5 Å². The molecule has 2 aromatic carbocycles. The number of nitrogens with one attached hydrogen (secondary N) is 1. The van der Waals surface area contributed by atoms with E-state index in [0.29, 0.717) is 17.2 Å². The second-order valence-electron chi connectivity index (χ2n) is 5.47. The summed E-state index contributed by atoms with van der Waals surface area (Å²) in [7, 11) is 0. The number of amides is 1. The lowest BCUT2D eigenvalue weighted by molar-refractivity contribution is -0.114. The molecular weight excluding hydrogens is 350 g/mol. The summed E-state index contributed by atoms with van der Waals surface area (Å²) in [4.78, 5) is 24.5. The fourth-order valence-corrected chi connectivity index (χ4v) is 3.17. The minimum atomic E-state index is -0.550. The van der Waals surface area contributed by atoms with Gasteiger partial charge < -0.3 is 14.5 Å². The molecule has 1 amide bonds. The Morgan fingerprint density at radius 3 is 2.46 bits per heavy atom. The summed E-state index contributed by atoms with van der Waals surface area (Å²) in [6.45, 7) is 1.43. The predicted octanol–water partition coefficient (Wildman–Crippen LogP) is 4.75. The first kappa shape index (κ1) is 17.8. The molecule has 0 spiro atoms. The van der Waals surface area contributed by atoms with Crippen LogP contribution in [-0.2, 0) is 10.5 Å². The minimum Gasteiger partial charge on any atom is -0.457 e. The van der Waals surface area contributed by atoms with Crippen molar-refractivity contribution in [1.82, 2.24) is 0 Å². The highest BCUT2D eigenvalue weighted by atomic mass is 32.2. The van der Waals surface area contributed by atoms with Crippen LogP contribution in [0.4, 0.5) is 5.69 Å². The van der Waals surface area contributed by atoms with Gasteiger partial charge in [0.15, 0.2) is 0 Å². The van der Waals surface area contributed by atoms with Gasteiger partial charge in [0.05, 0.1) is 6.26 Å². The molecule has 0 aliphatic heterocycles. The second-order valence-corrected chi connectivity index (χ2v) is 6.52. The molecule has 0 unspecified atom stereocenters.